The SMILES string of the molecule is O=C(NCC#CCOc1ccc2cccnc2c1)C12CC3CC(CC(C3)C1)C2. The van der Waals surface area contributed by atoms with Crippen molar-refractivity contribution in [3.8, 4) is 17.6 Å². The molecule has 1 N–H and O–H groups in total. The monoisotopic (exact) mass is 374 g/mol. The molecule has 0 unspecified atom stereocenters. The van der Waals surface area contributed by atoms with Crippen LogP contribution in [0.1, 0.15) is 38.5 Å². The van der Waals surface area contributed by atoms with Crippen LogP contribution in [0.15, 0.2) is 36.5 Å². The van der Waals surface area contributed by atoms with Crippen LogP contribution in [0.2, 0.25) is 0 Å². The van der Waals surface area contributed by atoms with Crippen LogP contribution in [0.25, 0.3) is 10.9 Å². The van der Waals surface area contributed by atoms with Crippen molar-refractivity contribution in [1.82, 2.24) is 10.3 Å². The molecule has 2 aromatic rings. The number of amides is 1. The summed E-state index contributed by atoms with van der Waals surface area (Å²) in [4.78, 5) is 17.2. The minimum atomic E-state index is -0.0922. The molecule has 4 nitrogen and oxygen atoms in total. The molecular weight excluding hydrogens is 348 g/mol. The molecule has 0 saturated heterocycles. The molecule has 0 spiro atoms. The van der Waals surface area contributed by atoms with E-state index in [1.54, 1.807) is 6.20 Å². The van der Waals surface area contributed by atoms with Gasteiger partial charge in [-0.15, -0.1) is 0 Å². The van der Waals surface area contributed by atoms with Gasteiger partial charge in [0.1, 0.15) is 12.4 Å². The normalized spacial score (nSPS) is 29.9. The van der Waals surface area contributed by atoms with Crippen molar-refractivity contribution in [2.24, 2.45) is 23.2 Å². The third-order valence-electron chi connectivity index (χ3n) is 6.87. The summed E-state index contributed by atoms with van der Waals surface area (Å²) in [6, 6.07) is 9.80. The van der Waals surface area contributed by atoms with Crippen molar-refractivity contribution in [1.29, 1.82) is 0 Å². The number of ether oxygens (including phenoxy) is 1. The Bertz CT molecular complexity index is 920. The van der Waals surface area contributed by atoms with Crippen molar-refractivity contribution >= 4 is 16.8 Å². The van der Waals surface area contributed by atoms with Gasteiger partial charge in [0.05, 0.1) is 12.1 Å². The number of fused-ring (bicyclic) bond motifs is 1. The first kappa shape index (κ1) is 17.6. The Labute approximate surface area is 166 Å². The molecule has 6 rings (SSSR count). The van der Waals surface area contributed by atoms with Gasteiger partial charge in [0.25, 0.3) is 0 Å². The minimum Gasteiger partial charge on any atom is -0.481 e. The number of rotatable bonds is 4. The van der Waals surface area contributed by atoms with Gasteiger partial charge < -0.3 is 10.1 Å². The Morgan fingerprint density at radius 2 is 1.86 bits per heavy atom. The number of pyridine rings is 1. The van der Waals surface area contributed by atoms with Crippen LogP contribution in [0.4, 0.5) is 0 Å². The topological polar surface area (TPSA) is 51.2 Å². The second kappa shape index (κ2) is 7.13. The molecule has 1 aromatic carbocycles. The number of carbonyl (C=O) groups excluding carboxylic acids is 1. The molecule has 4 aliphatic carbocycles. The van der Waals surface area contributed by atoms with Crippen LogP contribution in [-0.2, 0) is 4.79 Å². The maximum absolute atomic E-state index is 12.9. The quantitative estimate of drug-likeness (QED) is 0.825. The molecule has 144 valence electrons. The average molecular weight is 374 g/mol. The van der Waals surface area contributed by atoms with E-state index >= 15 is 0 Å². The summed E-state index contributed by atoms with van der Waals surface area (Å²) in [6.45, 7) is 0.717. The summed E-state index contributed by atoms with van der Waals surface area (Å²) in [7, 11) is 0. The van der Waals surface area contributed by atoms with E-state index in [-0.39, 0.29) is 11.3 Å². The fourth-order valence-electron chi connectivity index (χ4n) is 6.07. The zero-order valence-corrected chi connectivity index (χ0v) is 16.1. The van der Waals surface area contributed by atoms with Crippen LogP contribution in [-0.4, -0.2) is 24.0 Å². The Hall–Kier alpha value is -2.54. The standard InChI is InChI=1S/C24H26N2O2/c27-23(24-14-17-10-18(15-24)12-19(11-17)16-24)26-7-1-2-9-28-21-6-5-20-4-3-8-25-22(20)13-21/h3-6,8,13,17-19H,7,9-12,14-16H2,(H,26,27). The smallest absolute Gasteiger partial charge is 0.226 e. The fraction of sp³-hybridized carbons (Fsp3) is 0.500. The molecule has 1 heterocycles. The molecule has 4 bridgehead atoms. The Morgan fingerprint density at radius 3 is 2.61 bits per heavy atom. The number of nitrogens with one attached hydrogen (secondary N) is 1. The number of hydrogen-bond acceptors (Lipinski definition) is 3. The van der Waals surface area contributed by atoms with Gasteiger partial charge in [-0.25, -0.2) is 0 Å². The van der Waals surface area contributed by atoms with Crippen molar-refractivity contribution in [3.63, 3.8) is 0 Å². The van der Waals surface area contributed by atoms with Crippen LogP contribution in [0.5, 0.6) is 5.75 Å². The van der Waals surface area contributed by atoms with Crippen molar-refractivity contribution in [2.45, 2.75) is 38.5 Å². The maximum Gasteiger partial charge on any atom is 0.226 e. The number of carbonyl (C=O) groups is 1. The molecule has 28 heavy (non-hydrogen) atoms. The fourth-order valence-corrected chi connectivity index (χ4v) is 6.07. The summed E-state index contributed by atoms with van der Waals surface area (Å²) >= 11 is 0. The summed E-state index contributed by atoms with van der Waals surface area (Å²) < 4.78 is 5.70. The van der Waals surface area contributed by atoms with Crippen LogP contribution in [0.3, 0.4) is 0 Å². The first-order valence-corrected chi connectivity index (χ1v) is 10.4. The van der Waals surface area contributed by atoms with Crippen molar-refractivity contribution in [2.75, 3.05) is 13.2 Å². The van der Waals surface area contributed by atoms with Gasteiger partial charge in [0.2, 0.25) is 5.91 Å². The maximum atomic E-state index is 12.9. The molecular formula is C24H26N2O2. The van der Waals surface area contributed by atoms with Crippen molar-refractivity contribution < 1.29 is 9.53 Å². The van der Waals surface area contributed by atoms with Crippen LogP contribution >= 0.6 is 0 Å². The highest BCUT2D eigenvalue weighted by Crippen LogP contribution is 2.60. The zero-order valence-electron chi connectivity index (χ0n) is 16.1. The van der Waals surface area contributed by atoms with Crippen LogP contribution in [0, 0.1) is 35.0 Å². The Kier molecular flexibility index (Phi) is 4.47. The summed E-state index contributed by atoms with van der Waals surface area (Å²) in [5.41, 5.74) is 0.821. The molecule has 1 aromatic heterocycles. The summed E-state index contributed by atoms with van der Waals surface area (Å²) in [5.74, 6) is 9.39. The van der Waals surface area contributed by atoms with E-state index in [1.165, 1.54) is 19.3 Å². The number of hydrogen-bond donors (Lipinski definition) is 1. The van der Waals surface area contributed by atoms with E-state index in [2.05, 4.69) is 22.1 Å². The van der Waals surface area contributed by atoms with Gasteiger partial charge in [-0.05, 0) is 74.5 Å². The number of nitrogens with zero attached hydrogens (tertiary/aromatic N) is 1. The van der Waals surface area contributed by atoms with Gasteiger partial charge in [-0.1, -0.05) is 17.9 Å². The van der Waals surface area contributed by atoms with Gasteiger partial charge >= 0.3 is 0 Å². The zero-order chi connectivity index (χ0) is 19.0. The first-order chi connectivity index (χ1) is 13.7. The van der Waals surface area contributed by atoms with Crippen LogP contribution < -0.4 is 10.1 Å². The van der Waals surface area contributed by atoms with E-state index < -0.39 is 0 Å². The molecule has 4 fully saturated rings. The van der Waals surface area contributed by atoms with Gasteiger partial charge in [-0.3, -0.25) is 9.78 Å². The molecule has 1 amide bonds. The first-order valence-electron chi connectivity index (χ1n) is 10.4. The third kappa shape index (κ3) is 3.35. The lowest BCUT2D eigenvalue weighted by atomic mass is 9.49. The van der Waals surface area contributed by atoms with Gasteiger partial charge in [0.15, 0.2) is 0 Å². The molecule has 0 atom stereocenters. The lowest BCUT2D eigenvalue weighted by molar-refractivity contribution is -0.145. The van der Waals surface area contributed by atoms with E-state index in [0.29, 0.717) is 13.2 Å². The number of aromatic nitrogens is 1. The highest BCUT2D eigenvalue weighted by Gasteiger charge is 2.54. The highest BCUT2D eigenvalue weighted by molar-refractivity contribution is 5.83. The minimum absolute atomic E-state index is 0.0922. The average Bonchev–Trinajstić information content (AvgIpc) is 2.69. The molecule has 0 aliphatic heterocycles. The Morgan fingerprint density at radius 1 is 1.11 bits per heavy atom. The summed E-state index contributed by atoms with van der Waals surface area (Å²) in [5, 5.41) is 4.18. The predicted octanol–water partition coefficient (Wildman–Crippen LogP) is 3.95. The summed E-state index contributed by atoms with van der Waals surface area (Å²) in [6.07, 6.45) is 9.13. The molecule has 0 radical (unpaired) electrons. The largest absolute Gasteiger partial charge is 0.481 e. The van der Waals surface area contributed by atoms with Gasteiger partial charge in [-0.2, -0.15) is 0 Å². The van der Waals surface area contributed by atoms with E-state index in [9.17, 15) is 4.79 Å². The van der Waals surface area contributed by atoms with Crippen molar-refractivity contribution in [3.05, 3.63) is 36.5 Å². The lowest BCUT2D eigenvalue weighted by Gasteiger charge is -2.55. The van der Waals surface area contributed by atoms with E-state index in [1.807, 2.05) is 30.3 Å². The van der Waals surface area contributed by atoms with E-state index in [4.69, 9.17) is 4.74 Å². The lowest BCUT2D eigenvalue weighted by Crippen LogP contribution is -2.53. The van der Waals surface area contributed by atoms with Gasteiger partial charge in [0, 0.05) is 23.1 Å². The Balaban J connectivity index is 1.12. The molecule has 4 heteroatoms. The predicted molar refractivity (Wildman–Crippen MR) is 109 cm³/mol. The molecule has 4 aliphatic rings. The second-order valence-electron chi connectivity index (χ2n) is 8.88. The third-order valence-corrected chi connectivity index (χ3v) is 6.87. The number of benzene rings is 1. The molecule has 4 saturated carbocycles. The van der Waals surface area contributed by atoms with E-state index in [0.717, 1.165) is 53.7 Å². The highest BCUT2D eigenvalue weighted by atomic mass is 16.5. The second-order valence-corrected chi connectivity index (χ2v) is 8.88.